The van der Waals surface area contributed by atoms with Gasteiger partial charge in [-0.2, -0.15) is 12.6 Å². The summed E-state index contributed by atoms with van der Waals surface area (Å²) in [4.78, 5) is 10.9. The van der Waals surface area contributed by atoms with Gasteiger partial charge in [-0.25, -0.2) is 0 Å². The van der Waals surface area contributed by atoms with Gasteiger partial charge in [0.25, 0.3) is 0 Å². The smallest absolute Gasteiger partial charge is 0.211 e. The van der Waals surface area contributed by atoms with Gasteiger partial charge in [0.1, 0.15) is 0 Å². The second-order valence-corrected chi connectivity index (χ2v) is 3.42. The summed E-state index contributed by atoms with van der Waals surface area (Å²) in [7, 11) is 0. The van der Waals surface area contributed by atoms with Gasteiger partial charge in [0.2, 0.25) is 5.12 Å². The number of benzene rings is 1. The van der Waals surface area contributed by atoms with Gasteiger partial charge in [0.05, 0.1) is 0 Å². The fourth-order valence-electron chi connectivity index (χ4n) is 0.876. The minimum absolute atomic E-state index is 0.0578. The molecular weight excluding hydrogens is 244 g/mol. The monoisotopic (exact) mass is 258 g/mol. The van der Waals surface area contributed by atoms with Crippen LogP contribution in [0.4, 0.5) is 0 Å². The third-order valence-corrected chi connectivity index (χ3v) is 2.15. The van der Waals surface area contributed by atoms with E-state index in [4.69, 9.17) is 10.2 Å². The van der Waals surface area contributed by atoms with E-state index in [9.17, 15) is 4.79 Å². The molecule has 0 saturated carbocycles. The molecule has 3 nitrogen and oxygen atoms in total. The molecule has 0 aliphatic rings. The zero-order chi connectivity index (χ0) is 12.6. The molecule has 2 N–H and O–H groups in total. The Morgan fingerprint density at radius 3 is 2.44 bits per heavy atom. The number of hydrogen-bond donors (Lipinski definition) is 3. The van der Waals surface area contributed by atoms with Crippen LogP contribution in [0.25, 0.3) is 6.08 Å². The van der Waals surface area contributed by atoms with Crippen molar-refractivity contribution in [3.8, 4) is 11.5 Å². The number of phenols is 2. The van der Waals surface area contributed by atoms with Crippen molar-refractivity contribution in [2.45, 2.75) is 0 Å². The zero-order valence-corrected chi connectivity index (χ0v) is 10.8. The van der Waals surface area contributed by atoms with E-state index >= 15 is 0 Å². The summed E-state index contributed by atoms with van der Waals surface area (Å²) < 4.78 is 0. The van der Waals surface area contributed by atoms with Gasteiger partial charge in [-0.15, -0.1) is 0 Å². The number of aromatic hydroxyl groups is 2. The topological polar surface area (TPSA) is 57.5 Å². The lowest BCUT2D eigenvalue weighted by Gasteiger charge is -1.97. The number of hydrogen-bond acceptors (Lipinski definition) is 5. The highest BCUT2D eigenvalue weighted by molar-refractivity contribution is 8.13. The highest BCUT2D eigenvalue weighted by Gasteiger charge is 1.98. The van der Waals surface area contributed by atoms with Crippen LogP contribution in [0.2, 0.25) is 0 Å². The summed E-state index contributed by atoms with van der Waals surface area (Å²) in [6.07, 6.45) is 6.38. The van der Waals surface area contributed by atoms with Crippen LogP contribution in [0.5, 0.6) is 11.5 Å². The van der Waals surface area contributed by atoms with Crippen molar-refractivity contribution >= 4 is 35.6 Å². The third kappa shape index (κ3) is 5.14. The molecule has 0 heterocycles. The van der Waals surface area contributed by atoms with Crippen LogP contribution in [-0.4, -0.2) is 27.8 Å². The normalized spacial score (nSPS) is 9.69. The minimum atomic E-state index is -0.191. The number of thioether (sulfide) groups is 1. The maximum Gasteiger partial charge on any atom is 0.211 e. The molecule has 0 aromatic heterocycles. The van der Waals surface area contributed by atoms with Gasteiger partial charge < -0.3 is 10.2 Å². The molecule has 0 aliphatic carbocycles. The van der Waals surface area contributed by atoms with Gasteiger partial charge >= 0.3 is 0 Å². The molecule has 16 heavy (non-hydrogen) atoms. The van der Waals surface area contributed by atoms with Crippen molar-refractivity contribution in [1.82, 2.24) is 0 Å². The molecule has 0 atom stereocenters. The van der Waals surface area contributed by atoms with E-state index in [1.165, 1.54) is 18.2 Å². The molecule has 5 heteroatoms. The maximum absolute atomic E-state index is 10.9. The fourth-order valence-corrected chi connectivity index (χ4v) is 1.08. The van der Waals surface area contributed by atoms with Gasteiger partial charge in [-0.3, -0.25) is 4.79 Å². The lowest BCUT2D eigenvalue weighted by atomic mass is 10.2. The second kappa shape index (κ2) is 8.13. The first-order valence-corrected chi connectivity index (χ1v) is 6.48. The Hall–Kier alpha value is -1.07. The SMILES string of the molecule is CS.CSC(=O)/C=C/c1ccc(O)c(O)c1. The van der Waals surface area contributed by atoms with E-state index in [2.05, 4.69) is 12.6 Å². The first kappa shape index (κ1) is 14.9. The van der Waals surface area contributed by atoms with Gasteiger partial charge in [-0.1, -0.05) is 23.9 Å². The third-order valence-electron chi connectivity index (χ3n) is 1.61. The Morgan fingerprint density at radius 2 is 1.94 bits per heavy atom. The van der Waals surface area contributed by atoms with Gasteiger partial charge in [0.15, 0.2) is 11.5 Å². The van der Waals surface area contributed by atoms with Crippen LogP contribution in [0.1, 0.15) is 5.56 Å². The molecule has 0 spiro atoms. The van der Waals surface area contributed by atoms with Crippen LogP contribution < -0.4 is 0 Å². The quantitative estimate of drug-likeness (QED) is 0.433. The molecule has 0 saturated heterocycles. The van der Waals surface area contributed by atoms with E-state index in [1.807, 2.05) is 0 Å². The van der Waals surface area contributed by atoms with E-state index in [0.29, 0.717) is 5.56 Å². The van der Waals surface area contributed by atoms with E-state index in [1.54, 1.807) is 24.7 Å². The molecule has 88 valence electrons. The Kier molecular flexibility index (Phi) is 7.58. The fraction of sp³-hybridized carbons (Fsp3) is 0.182. The van der Waals surface area contributed by atoms with Crippen molar-refractivity contribution < 1.29 is 15.0 Å². The van der Waals surface area contributed by atoms with Gasteiger partial charge in [0, 0.05) is 0 Å². The Labute approximate surface area is 105 Å². The molecule has 1 aromatic rings. The highest BCUT2D eigenvalue weighted by Crippen LogP contribution is 2.25. The largest absolute Gasteiger partial charge is 0.504 e. The average molecular weight is 258 g/mol. The molecule has 0 unspecified atom stereocenters. The van der Waals surface area contributed by atoms with Crippen molar-refractivity contribution in [2.24, 2.45) is 0 Å². The summed E-state index contributed by atoms with van der Waals surface area (Å²) in [5.74, 6) is -0.359. The van der Waals surface area contributed by atoms with Crippen LogP contribution in [-0.2, 0) is 4.79 Å². The van der Waals surface area contributed by atoms with Crippen molar-refractivity contribution in [1.29, 1.82) is 0 Å². The standard InChI is InChI=1S/C10H10O3S.CH4S/c1-14-10(13)5-3-7-2-4-8(11)9(12)6-7;1-2/h2-6,11-12H,1H3;2H,1H3/b5-3+;. The molecule has 0 bridgehead atoms. The number of carbonyl (C=O) groups is 1. The Morgan fingerprint density at radius 1 is 1.31 bits per heavy atom. The van der Waals surface area contributed by atoms with Crippen LogP contribution in [0.3, 0.4) is 0 Å². The Balaban J connectivity index is 0.00000106. The second-order valence-electron chi connectivity index (χ2n) is 2.60. The van der Waals surface area contributed by atoms with Crippen LogP contribution >= 0.6 is 24.4 Å². The molecule has 0 radical (unpaired) electrons. The van der Waals surface area contributed by atoms with Crippen LogP contribution in [0, 0.1) is 0 Å². The summed E-state index contributed by atoms with van der Waals surface area (Å²) in [6.45, 7) is 0. The predicted molar refractivity (Wildman–Crippen MR) is 72.2 cm³/mol. The predicted octanol–water partition coefficient (Wildman–Crippen LogP) is 2.55. The lowest BCUT2D eigenvalue weighted by Crippen LogP contribution is -1.81. The van der Waals surface area contributed by atoms with Gasteiger partial charge in [-0.05, 0) is 36.3 Å². The summed E-state index contributed by atoms with van der Waals surface area (Å²) in [5.41, 5.74) is 0.669. The number of carbonyl (C=O) groups excluding carboxylic acids is 1. The molecular formula is C11H14O3S2. The number of phenolic OH excluding ortho intramolecular Hbond substituents is 2. The number of thiol groups is 1. The zero-order valence-electron chi connectivity index (χ0n) is 9.04. The molecule has 1 aromatic carbocycles. The first-order chi connectivity index (χ1) is 7.63. The average Bonchev–Trinajstić information content (AvgIpc) is 2.33. The maximum atomic E-state index is 10.9. The molecule has 1 rings (SSSR count). The summed E-state index contributed by atoms with van der Waals surface area (Å²) >= 11 is 4.64. The van der Waals surface area contributed by atoms with Crippen molar-refractivity contribution in [2.75, 3.05) is 12.5 Å². The number of rotatable bonds is 2. The van der Waals surface area contributed by atoms with E-state index in [0.717, 1.165) is 11.8 Å². The van der Waals surface area contributed by atoms with Crippen molar-refractivity contribution in [3.05, 3.63) is 29.8 Å². The first-order valence-electron chi connectivity index (χ1n) is 4.36. The summed E-state index contributed by atoms with van der Waals surface area (Å²) in [5, 5.41) is 18.1. The lowest BCUT2D eigenvalue weighted by molar-refractivity contribution is -0.106. The van der Waals surface area contributed by atoms with E-state index in [-0.39, 0.29) is 16.6 Å². The Bertz CT molecular complexity index is 375. The highest BCUT2D eigenvalue weighted by atomic mass is 32.2. The molecule has 0 amide bonds. The molecule has 0 fully saturated rings. The van der Waals surface area contributed by atoms with Crippen LogP contribution in [0.15, 0.2) is 24.3 Å². The minimum Gasteiger partial charge on any atom is -0.504 e. The van der Waals surface area contributed by atoms with Crippen molar-refractivity contribution in [3.63, 3.8) is 0 Å². The van der Waals surface area contributed by atoms with E-state index < -0.39 is 0 Å². The molecule has 0 aliphatic heterocycles. The summed E-state index contributed by atoms with van der Waals surface area (Å²) in [6, 6.07) is 4.37.